The molecular weight excluding hydrogens is 264 g/mol. The fourth-order valence-corrected chi connectivity index (χ4v) is 1.84. The van der Waals surface area contributed by atoms with Crippen molar-refractivity contribution < 1.29 is 9.90 Å². The lowest BCUT2D eigenvalue weighted by atomic mass is 10.1. The molecule has 21 heavy (non-hydrogen) atoms. The predicted octanol–water partition coefficient (Wildman–Crippen LogP) is 3.80. The van der Waals surface area contributed by atoms with Crippen molar-refractivity contribution in [3.05, 3.63) is 65.4 Å². The Balaban J connectivity index is 1.91. The van der Waals surface area contributed by atoms with Gasteiger partial charge in [-0.1, -0.05) is 29.8 Å². The van der Waals surface area contributed by atoms with E-state index in [-0.39, 0.29) is 11.8 Å². The highest BCUT2D eigenvalue weighted by molar-refractivity contribution is 5.91. The third-order valence-corrected chi connectivity index (χ3v) is 3.03. The Kier molecular flexibility index (Phi) is 4.61. The number of hydrogen-bond acceptors (Lipinski definition) is 2. The molecule has 0 bridgehead atoms. The molecule has 2 aromatic rings. The molecule has 4 nitrogen and oxygen atoms in total. The van der Waals surface area contributed by atoms with Crippen LogP contribution in [0.4, 0.5) is 10.5 Å². The van der Waals surface area contributed by atoms with Gasteiger partial charge in [0.2, 0.25) is 0 Å². The summed E-state index contributed by atoms with van der Waals surface area (Å²) < 4.78 is 0. The van der Waals surface area contributed by atoms with Gasteiger partial charge in [0.15, 0.2) is 0 Å². The van der Waals surface area contributed by atoms with Gasteiger partial charge in [0.05, 0.1) is 0 Å². The maximum Gasteiger partial charge on any atom is 0.323 e. The number of anilines is 1. The smallest absolute Gasteiger partial charge is 0.323 e. The first-order valence-corrected chi connectivity index (χ1v) is 6.65. The summed E-state index contributed by atoms with van der Waals surface area (Å²) in [6.45, 7) is 3.84. The van der Waals surface area contributed by atoms with Crippen LogP contribution in [-0.4, -0.2) is 11.1 Å². The normalized spacial score (nSPS) is 10.6. The van der Waals surface area contributed by atoms with Crippen molar-refractivity contribution in [2.24, 2.45) is 0 Å². The van der Waals surface area contributed by atoms with Crippen LogP contribution in [0.2, 0.25) is 0 Å². The van der Waals surface area contributed by atoms with E-state index in [1.807, 2.05) is 44.2 Å². The molecule has 0 heterocycles. The zero-order chi connectivity index (χ0) is 15.2. The summed E-state index contributed by atoms with van der Waals surface area (Å²) in [6, 6.07) is 12.5. The quantitative estimate of drug-likeness (QED) is 0.750. The van der Waals surface area contributed by atoms with Crippen molar-refractivity contribution in [1.82, 2.24) is 5.32 Å². The molecule has 0 aliphatic carbocycles. The highest BCUT2D eigenvalue weighted by Crippen LogP contribution is 2.19. The summed E-state index contributed by atoms with van der Waals surface area (Å²) in [5, 5.41) is 14.7. The number of carbonyl (C=O) groups is 1. The third kappa shape index (κ3) is 4.38. The van der Waals surface area contributed by atoms with Crippen molar-refractivity contribution in [2.75, 3.05) is 5.32 Å². The van der Waals surface area contributed by atoms with Gasteiger partial charge < -0.3 is 15.7 Å². The molecule has 0 aliphatic heterocycles. The van der Waals surface area contributed by atoms with Crippen molar-refractivity contribution >= 4 is 17.8 Å². The minimum atomic E-state index is -0.327. The number of rotatable bonds is 3. The van der Waals surface area contributed by atoms with Crippen molar-refractivity contribution in [1.29, 1.82) is 0 Å². The Morgan fingerprint density at radius 2 is 1.81 bits per heavy atom. The number of amides is 2. The summed E-state index contributed by atoms with van der Waals surface area (Å²) in [7, 11) is 0. The first-order chi connectivity index (χ1) is 10.0. The van der Waals surface area contributed by atoms with E-state index >= 15 is 0 Å². The number of aryl methyl sites for hydroxylation is 2. The van der Waals surface area contributed by atoms with E-state index in [1.165, 1.54) is 11.6 Å². The molecule has 0 aliphatic rings. The second-order valence-corrected chi connectivity index (χ2v) is 4.84. The van der Waals surface area contributed by atoms with Crippen LogP contribution >= 0.6 is 0 Å². The standard InChI is InChI=1S/C17H18N2O2/c1-12-3-5-14(6-4-12)9-10-18-17(21)19-16-8-7-15(20)11-13(16)2/h3-11,20H,1-2H3,(H2,18,19,21)/b10-9+. The van der Waals surface area contributed by atoms with Crippen molar-refractivity contribution in [3.8, 4) is 5.75 Å². The number of nitrogens with one attached hydrogen (secondary N) is 2. The number of phenolic OH excluding ortho intramolecular Hbond substituents is 1. The summed E-state index contributed by atoms with van der Waals surface area (Å²) in [5.74, 6) is 0.178. The van der Waals surface area contributed by atoms with Gasteiger partial charge in [0.1, 0.15) is 5.75 Å². The zero-order valence-electron chi connectivity index (χ0n) is 12.1. The van der Waals surface area contributed by atoms with Crippen LogP contribution in [0.5, 0.6) is 5.75 Å². The van der Waals surface area contributed by atoms with Gasteiger partial charge in [-0.15, -0.1) is 0 Å². The maximum absolute atomic E-state index is 11.8. The molecule has 0 unspecified atom stereocenters. The van der Waals surface area contributed by atoms with E-state index in [1.54, 1.807) is 18.3 Å². The molecule has 0 spiro atoms. The van der Waals surface area contributed by atoms with Crippen LogP contribution in [0.25, 0.3) is 6.08 Å². The number of aromatic hydroxyl groups is 1. The monoisotopic (exact) mass is 282 g/mol. The predicted molar refractivity (Wildman–Crippen MR) is 85.2 cm³/mol. The second-order valence-electron chi connectivity index (χ2n) is 4.84. The van der Waals surface area contributed by atoms with Crippen LogP contribution in [0.3, 0.4) is 0 Å². The van der Waals surface area contributed by atoms with E-state index < -0.39 is 0 Å². The SMILES string of the molecule is Cc1ccc(/C=C/NC(=O)Nc2ccc(O)cc2C)cc1. The lowest BCUT2D eigenvalue weighted by Gasteiger charge is -2.08. The van der Waals surface area contributed by atoms with Crippen LogP contribution in [0, 0.1) is 13.8 Å². The highest BCUT2D eigenvalue weighted by Gasteiger charge is 2.03. The van der Waals surface area contributed by atoms with Crippen LogP contribution in [0.1, 0.15) is 16.7 Å². The maximum atomic E-state index is 11.8. The zero-order valence-corrected chi connectivity index (χ0v) is 12.1. The molecule has 0 aromatic heterocycles. The Labute approximate surface area is 124 Å². The molecule has 2 amide bonds. The third-order valence-electron chi connectivity index (χ3n) is 3.03. The average molecular weight is 282 g/mol. The number of carbonyl (C=O) groups excluding carboxylic acids is 1. The molecule has 2 aromatic carbocycles. The molecular formula is C17H18N2O2. The molecule has 3 N–H and O–H groups in total. The van der Waals surface area contributed by atoms with Crippen LogP contribution < -0.4 is 10.6 Å². The minimum Gasteiger partial charge on any atom is -0.508 e. The topological polar surface area (TPSA) is 61.4 Å². The summed E-state index contributed by atoms with van der Waals surface area (Å²) >= 11 is 0. The molecule has 2 rings (SSSR count). The number of benzene rings is 2. The van der Waals surface area contributed by atoms with Gasteiger partial charge >= 0.3 is 6.03 Å². The van der Waals surface area contributed by atoms with Gasteiger partial charge in [-0.3, -0.25) is 0 Å². The first-order valence-electron chi connectivity index (χ1n) is 6.65. The molecule has 0 saturated carbocycles. The first kappa shape index (κ1) is 14.7. The van der Waals surface area contributed by atoms with Gasteiger partial charge in [-0.05, 0) is 49.2 Å². The number of urea groups is 1. The molecule has 0 fully saturated rings. The fraction of sp³-hybridized carbons (Fsp3) is 0.118. The van der Waals surface area contributed by atoms with Crippen molar-refractivity contribution in [2.45, 2.75) is 13.8 Å². The Hall–Kier alpha value is -2.75. The van der Waals surface area contributed by atoms with E-state index in [2.05, 4.69) is 10.6 Å². The van der Waals surface area contributed by atoms with E-state index in [0.29, 0.717) is 5.69 Å². The van der Waals surface area contributed by atoms with Crippen molar-refractivity contribution in [3.63, 3.8) is 0 Å². The Bertz CT molecular complexity index is 661. The average Bonchev–Trinajstić information content (AvgIpc) is 2.44. The lowest BCUT2D eigenvalue weighted by molar-refractivity contribution is 0.255. The number of phenols is 1. The molecule has 0 atom stereocenters. The summed E-state index contributed by atoms with van der Waals surface area (Å²) in [4.78, 5) is 11.8. The second kappa shape index (κ2) is 6.61. The highest BCUT2D eigenvalue weighted by atomic mass is 16.3. The van der Waals surface area contributed by atoms with E-state index in [0.717, 1.165) is 11.1 Å². The van der Waals surface area contributed by atoms with Gasteiger partial charge in [-0.25, -0.2) is 4.79 Å². The molecule has 0 saturated heterocycles. The summed E-state index contributed by atoms with van der Waals surface area (Å²) in [5.41, 5.74) is 3.67. The molecule has 4 heteroatoms. The van der Waals surface area contributed by atoms with Gasteiger partial charge in [0.25, 0.3) is 0 Å². The molecule has 0 radical (unpaired) electrons. The van der Waals surface area contributed by atoms with E-state index in [9.17, 15) is 9.90 Å². The summed E-state index contributed by atoms with van der Waals surface area (Å²) in [6.07, 6.45) is 3.42. The largest absolute Gasteiger partial charge is 0.508 e. The van der Waals surface area contributed by atoms with Crippen LogP contribution in [-0.2, 0) is 0 Å². The Morgan fingerprint density at radius 3 is 2.48 bits per heavy atom. The van der Waals surface area contributed by atoms with Gasteiger partial charge in [0, 0.05) is 11.9 Å². The minimum absolute atomic E-state index is 0.178. The fourth-order valence-electron chi connectivity index (χ4n) is 1.84. The van der Waals surface area contributed by atoms with Gasteiger partial charge in [-0.2, -0.15) is 0 Å². The Morgan fingerprint density at radius 1 is 1.10 bits per heavy atom. The van der Waals surface area contributed by atoms with Crippen LogP contribution in [0.15, 0.2) is 48.7 Å². The number of hydrogen-bond donors (Lipinski definition) is 3. The lowest BCUT2D eigenvalue weighted by Crippen LogP contribution is -2.24. The molecule has 108 valence electrons. The van der Waals surface area contributed by atoms with E-state index in [4.69, 9.17) is 0 Å².